The van der Waals surface area contributed by atoms with E-state index in [0.717, 1.165) is 23.4 Å². The Morgan fingerprint density at radius 3 is 3.09 bits per heavy atom. The molecule has 0 radical (unpaired) electrons. The van der Waals surface area contributed by atoms with Crippen molar-refractivity contribution in [2.45, 2.75) is 32.0 Å². The minimum absolute atomic E-state index is 0.0541. The molecule has 0 aliphatic carbocycles. The number of nitrogens with zero attached hydrogens (tertiary/aromatic N) is 2. The van der Waals surface area contributed by atoms with E-state index in [1.54, 1.807) is 12.3 Å². The van der Waals surface area contributed by atoms with Crippen molar-refractivity contribution in [3.05, 3.63) is 41.6 Å². The van der Waals surface area contributed by atoms with Crippen LogP contribution in [0.15, 0.2) is 29.0 Å². The van der Waals surface area contributed by atoms with Crippen LogP contribution in [0.3, 0.4) is 0 Å². The second kappa shape index (κ2) is 6.97. The lowest BCUT2D eigenvalue weighted by atomic mass is 10.0. The molecule has 7 nitrogen and oxygen atoms in total. The SMILES string of the molecule is Cc1c([C@H]2OCC[C@@H]2NCC(=O)NCc2ccco2)cnn1C. The van der Waals surface area contributed by atoms with E-state index in [1.807, 2.05) is 30.9 Å². The van der Waals surface area contributed by atoms with E-state index in [4.69, 9.17) is 9.15 Å². The zero-order valence-electron chi connectivity index (χ0n) is 13.4. The first kappa shape index (κ1) is 15.8. The maximum atomic E-state index is 11.9. The first-order valence-corrected chi connectivity index (χ1v) is 7.77. The average Bonchev–Trinajstić information content (AvgIpc) is 3.27. The van der Waals surface area contributed by atoms with Gasteiger partial charge in [0.05, 0.1) is 25.5 Å². The number of rotatable bonds is 6. The lowest BCUT2D eigenvalue weighted by Crippen LogP contribution is -2.40. The van der Waals surface area contributed by atoms with E-state index in [2.05, 4.69) is 15.7 Å². The summed E-state index contributed by atoms with van der Waals surface area (Å²) in [5, 5.41) is 10.4. The van der Waals surface area contributed by atoms with E-state index < -0.39 is 0 Å². The second-order valence-corrected chi connectivity index (χ2v) is 5.73. The van der Waals surface area contributed by atoms with Gasteiger partial charge >= 0.3 is 0 Å². The maximum Gasteiger partial charge on any atom is 0.234 e. The first-order valence-electron chi connectivity index (χ1n) is 7.77. The van der Waals surface area contributed by atoms with Gasteiger partial charge in [0.1, 0.15) is 11.9 Å². The average molecular weight is 318 g/mol. The number of hydrogen-bond acceptors (Lipinski definition) is 5. The molecule has 1 saturated heterocycles. The summed E-state index contributed by atoms with van der Waals surface area (Å²) in [6.45, 7) is 3.37. The molecule has 23 heavy (non-hydrogen) atoms. The van der Waals surface area contributed by atoms with E-state index in [9.17, 15) is 4.79 Å². The van der Waals surface area contributed by atoms with E-state index in [-0.39, 0.29) is 24.6 Å². The Morgan fingerprint density at radius 2 is 2.39 bits per heavy atom. The molecular formula is C16H22N4O3. The largest absolute Gasteiger partial charge is 0.467 e. The Morgan fingerprint density at radius 1 is 1.52 bits per heavy atom. The Bertz CT molecular complexity index is 650. The third kappa shape index (κ3) is 3.62. The van der Waals surface area contributed by atoms with Gasteiger partial charge in [-0.2, -0.15) is 5.10 Å². The van der Waals surface area contributed by atoms with Crippen molar-refractivity contribution in [1.82, 2.24) is 20.4 Å². The third-order valence-corrected chi connectivity index (χ3v) is 4.24. The number of nitrogens with one attached hydrogen (secondary N) is 2. The molecule has 124 valence electrons. The molecule has 2 aromatic rings. The third-order valence-electron chi connectivity index (χ3n) is 4.24. The van der Waals surface area contributed by atoms with Gasteiger partial charge in [-0.05, 0) is 25.5 Å². The highest BCUT2D eigenvalue weighted by Gasteiger charge is 2.31. The van der Waals surface area contributed by atoms with E-state index >= 15 is 0 Å². The molecule has 3 rings (SSSR count). The predicted molar refractivity (Wildman–Crippen MR) is 83.6 cm³/mol. The van der Waals surface area contributed by atoms with Gasteiger partial charge < -0.3 is 19.8 Å². The molecule has 0 bridgehead atoms. The molecule has 0 spiro atoms. The molecule has 3 heterocycles. The standard InChI is InChI=1S/C16H22N4O3/c1-11-13(9-19-20(11)2)16-14(5-7-23-16)17-10-15(21)18-8-12-4-3-6-22-12/h3-4,6,9,14,16-17H,5,7-8,10H2,1-2H3,(H,18,21)/t14-,16+/m0/s1. The second-order valence-electron chi connectivity index (χ2n) is 5.73. The van der Waals surface area contributed by atoms with Crippen LogP contribution in [0.4, 0.5) is 0 Å². The van der Waals surface area contributed by atoms with Crippen molar-refractivity contribution < 1.29 is 13.9 Å². The van der Waals surface area contributed by atoms with Gasteiger partial charge in [-0.1, -0.05) is 0 Å². The summed E-state index contributed by atoms with van der Waals surface area (Å²) in [6, 6.07) is 3.75. The van der Waals surface area contributed by atoms with Crippen LogP contribution in [0.2, 0.25) is 0 Å². The maximum absolute atomic E-state index is 11.9. The minimum Gasteiger partial charge on any atom is -0.467 e. The molecule has 7 heteroatoms. The molecule has 1 aliphatic heterocycles. The molecule has 0 aromatic carbocycles. The van der Waals surface area contributed by atoms with Gasteiger partial charge in [0.2, 0.25) is 5.91 Å². The van der Waals surface area contributed by atoms with Crippen molar-refractivity contribution in [3.63, 3.8) is 0 Å². The van der Waals surface area contributed by atoms with Crippen LogP contribution in [-0.2, 0) is 23.1 Å². The predicted octanol–water partition coefficient (Wildman–Crippen LogP) is 1.06. The molecule has 1 amide bonds. The Labute approximate surface area is 135 Å². The van der Waals surface area contributed by atoms with Crippen molar-refractivity contribution in [2.24, 2.45) is 7.05 Å². The van der Waals surface area contributed by atoms with Crippen LogP contribution in [0.25, 0.3) is 0 Å². The number of carbonyl (C=O) groups is 1. The zero-order valence-corrected chi connectivity index (χ0v) is 13.4. The zero-order chi connectivity index (χ0) is 16.2. The summed E-state index contributed by atoms with van der Waals surface area (Å²) in [5.74, 6) is 0.682. The highest BCUT2D eigenvalue weighted by molar-refractivity contribution is 5.77. The van der Waals surface area contributed by atoms with Crippen molar-refractivity contribution in [3.8, 4) is 0 Å². The van der Waals surface area contributed by atoms with Crippen molar-refractivity contribution in [1.29, 1.82) is 0 Å². The van der Waals surface area contributed by atoms with Crippen LogP contribution in [-0.4, -0.2) is 34.9 Å². The number of aryl methyl sites for hydroxylation is 1. The molecule has 0 unspecified atom stereocenters. The minimum atomic E-state index is -0.0602. The Hall–Kier alpha value is -2.12. The summed E-state index contributed by atoms with van der Waals surface area (Å²) in [7, 11) is 1.91. The molecule has 2 aromatic heterocycles. The molecule has 2 N–H and O–H groups in total. The van der Waals surface area contributed by atoms with Crippen molar-refractivity contribution in [2.75, 3.05) is 13.2 Å². The molecule has 1 aliphatic rings. The number of ether oxygens (including phenoxy) is 1. The highest BCUT2D eigenvalue weighted by atomic mass is 16.5. The van der Waals surface area contributed by atoms with Crippen LogP contribution < -0.4 is 10.6 Å². The van der Waals surface area contributed by atoms with Crippen LogP contribution in [0.1, 0.15) is 29.5 Å². The van der Waals surface area contributed by atoms with E-state index in [0.29, 0.717) is 13.2 Å². The fourth-order valence-electron chi connectivity index (χ4n) is 2.79. The highest BCUT2D eigenvalue weighted by Crippen LogP contribution is 2.30. The summed E-state index contributed by atoms with van der Waals surface area (Å²) >= 11 is 0. The van der Waals surface area contributed by atoms with Crippen LogP contribution in [0, 0.1) is 6.92 Å². The monoisotopic (exact) mass is 318 g/mol. The fourth-order valence-corrected chi connectivity index (χ4v) is 2.79. The normalized spacial score (nSPS) is 20.8. The van der Waals surface area contributed by atoms with Crippen LogP contribution in [0.5, 0.6) is 0 Å². The molecular weight excluding hydrogens is 296 g/mol. The Kier molecular flexibility index (Phi) is 4.78. The topological polar surface area (TPSA) is 81.3 Å². The summed E-state index contributed by atoms with van der Waals surface area (Å²) in [4.78, 5) is 11.9. The molecule has 1 fully saturated rings. The smallest absolute Gasteiger partial charge is 0.234 e. The molecule has 2 atom stereocenters. The summed E-state index contributed by atoms with van der Waals surface area (Å²) in [6.07, 6.45) is 4.26. The number of carbonyl (C=O) groups excluding carboxylic acids is 1. The number of furan rings is 1. The lowest BCUT2D eigenvalue weighted by molar-refractivity contribution is -0.120. The van der Waals surface area contributed by atoms with Gasteiger partial charge in [0.25, 0.3) is 0 Å². The number of amides is 1. The van der Waals surface area contributed by atoms with Gasteiger partial charge in [-0.3, -0.25) is 9.48 Å². The van der Waals surface area contributed by atoms with Gasteiger partial charge in [-0.15, -0.1) is 0 Å². The van der Waals surface area contributed by atoms with Gasteiger partial charge in [0, 0.05) is 31.0 Å². The number of hydrogen-bond donors (Lipinski definition) is 2. The van der Waals surface area contributed by atoms with Gasteiger partial charge in [0.15, 0.2) is 0 Å². The quantitative estimate of drug-likeness (QED) is 0.832. The summed E-state index contributed by atoms with van der Waals surface area (Å²) < 4.78 is 12.9. The van der Waals surface area contributed by atoms with Crippen LogP contribution >= 0.6 is 0 Å². The fraction of sp³-hybridized carbons (Fsp3) is 0.500. The lowest BCUT2D eigenvalue weighted by Gasteiger charge is -2.19. The number of aromatic nitrogens is 2. The van der Waals surface area contributed by atoms with Crippen molar-refractivity contribution >= 4 is 5.91 Å². The van der Waals surface area contributed by atoms with E-state index in [1.165, 1.54) is 0 Å². The molecule has 0 saturated carbocycles. The van der Waals surface area contributed by atoms with Gasteiger partial charge in [-0.25, -0.2) is 0 Å². The first-order chi connectivity index (χ1) is 11.1. The summed E-state index contributed by atoms with van der Waals surface area (Å²) in [5.41, 5.74) is 2.17. The Balaban J connectivity index is 1.51.